The Hall–Kier alpha value is -1.36. The number of aliphatic hydroxyl groups is 1. The van der Waals surface area contributed by atoms with Crippen LogP contribution in [-0.4, -0.2) is 55.5 Å². The van der Waals surface area contributed by atoms with Gasteiger partial charge in [-0.3, -0.25) is 4.79 Å². The number of rotatable bonds is 3. The van der Waals surface area contributed by atoms with Crippen molar-refractivity contribution in [3.63, 3.8) is 0 Å². The van der Waals surface area contributed by atoms with Crippen LogP contribution in [0, 0.1) is 11.8 Å². The first-order valence-corrected chi connectivity index (χ1v) is 9.29. The number of amides is 1. The van der Waals surface area contributed by atoms with Gasteiger partial charge in [-0.15, -0.1) is 11.3 Å². The van der Waals surface area contributed by atoms with Gasteiger partial charge in [-0.25, -0.2) is 8.42 Å². The zero-order valence-electron chi connectivity index (χ0n) is 11.7. The van der Waals surface area contributed by atoms with Crippen LogP contribution in [0.4, 0.5) is 0 Å². The molecule has 0 aliphatic carbocycles. The van der Waals surface area contributed by atoms with Gasteiger partial charge in [-0.1, -0.05) is 11.8 Å². The molecule has 114 valence electrons. The highest BCUT2D eigenvalue weighted by Gasteiger charge is 2.33. The Balaban J connectivity index is 2.05. The van der Waals surface area contributed by atoms with E-state index in [4.69, 9.17) is 5.11 Å². The van der Waals surface area contributed by atoms with E-state index >= 15 is 0 Å². The Morgan fingerprint density at radius 2 is 2.33 bits per heavy atom. The van der Waals surface area contributed by atoms with Gasteiger partial charge in [0.2, 0.25) is 0 Å². The normalized spacial score (nSPS) is 19.8. The highest BCUT2D eigenvalue weighted by Crippen LogP contribution is 2.21. The quantitative estimate of drug-likeness (QED) is 0.831. The number of thiophene rings is 1. The standard InChI is InChI=1S/C14H17NO4S2/c1-15(12-5-7-21(18,19)10-12)14(17)11-8-13(20-9-11)4-2-3-6-16/h8-9,12,16H,3,5-7,10H2,1H3. The van der Waals surface area contributed by atoms with Crippen molar-refractivity contribution in [3.8, 4) is 11.8 Å². The van der Waals surface area contributed by atoms with E-state index in [0.29, 0.717) is 18.4 Å². The van der Waals surface area contributed by atoms with Gasteiger partial charge >= 0.3 is 0 Å². The van der Waals surface area contributed by atoms with Crippen molar-refractivity contribution in [2.24, 2.45) is 0 Å². The number of nitrogens with zero attached hydrogens (tertiary/aromatic N) is 1. The van der Waals surface area contributed by atoms with Crippen molar-refractivity contribution in [1.29, 1.82) is 0 Å². The predicted molar refractivity (Wildman–Crippen MR) is 82.1 cm³/mol. The van der Waals surface area contributed by atoms with Gasteiger partial charge in [0, 0.05) is 24.9 Å². The number of hydrogen-bond donors (Lipinski definition) is 1. The number of carbonyl (C=O) groups is 1. The van der Waals surface area contributed by atoms with Gasteiger partial charge < -0.3 is 10.0 Å². The average Bonchev–Trinajstić information content (AvgIpc) is 3.04. The second-order valence-corrected chi connectivity index (χ2v) is 8.09. The average molecular weight is 327 g/mol. The summed E-state index contributed by atoms with van der Waals surface area (Å²) in [4.78, 5) is 14.6. The minimum Gasteiger partial charge on any atom is -0.395 e. The summed E-state index contributed by atoms with van der Waals surface area (Å²) in [5.41, 5.74) is 0.528. The summed E-state index contributed by atoms with van der Waals surface area (Å²) in [6, 6.07) is 1.46. The maximum atomic E-state index is 12.3. The fourth-order valence-electron chi connectivity index (χ4n) is 2.17. The van der Waals surface area contributed by atoms with Gasteiger partial charge in [0.1, 0.15) is 0 Å². The molecule has 1 aliphatic rings. The molecule has 0 aromatic carbocycles. The fraction of sp³-hybridized carbons (Fsp3) is 0.500. The van der Waals surface area contributed by atoms with E-state index in [-0.39, 0.29) is 30.1 Å². The lowest BCUT2D eigenvalue weighted by Gasteiger charge is -2.22. The molecule has 0 radical (unpaired) electrons. The molecule has 2 heterocycles. The topological polar surface area (TPSA) is 74.7 Å². The first-order valence-electron chi connectivity index (χ1n) is 6.59. The lowest BCUT2D eigenvalue weighted by molar-refractivity contribution is 0.0748. The van der Waals surface area contributed by atoms with Gasteiger partial charge in [0.15, 0.2) is 9.84 Å². The second kappa shape index (κ2) is 6.60. The number of aliphatic hydroxyl groups excluding tert-OH is 1. The summed E-state index contributed by atoms with van der Waals surface area (Å²) in [5, 5.41) is 10.4. The third-order valence-corrected chi connectivity index (χ3v) is 5.97. The lowest BCUT2D eigenvalue weighted by Crippen LogP contribution is -2.37. The Labute approximate surface area is 128 Å². The molecule has 0 bridgehead atoms. The van der Waals surface area contributed by atoms with Gasteiger partial charge in [-0.05, 0) is 12.5 Å². The molecule has 1 fully saturated rings. The summed E-state index contributed by atoms with van der Waals surface area (Å²) < 4.78 is 23.0. The van der Waals surface area contributed by atoms with E-state index < -0.39 is 9.84 Å². The first kappa shape index (κ1) is 16.0. The maximum Gasteiger partial charge on any atom is 0.254 e. The molecule has 21 heavy (non-hydrogen) atoms. The number of sulfone groups is 1. The summed E-state index contributed by atoms with van der Waals surface area (Å²) in [6.07, 6.45) is 0.902. The van der Waals surface area contributed by atoms with E-state index in [2.05, 4.69) is 11.8 Å². The largest absolute Gasteiger partial charge is 0.395 e. The summed E-state index contributed by atoms with van der Waals surface area (Å²) in [5.74, 6) is 5.71. The van der Waals surface area contributed by atoms with Crippen LogP contribution in [0.5, 0.6) is 0 Å². The molecular formula is C14H17NO4S2. The highest BCUT2D eigenvalue weighted by molar-refractivity contribution is 7.91. The van der Waals surface area contributed by atoms with Crippen molar-refractivity contribution in [1.82, 2.24) is 4.90 Å². The zero-order valence-corrected chi connectivity index (χ0v) is 13.3. The molecule has 1 atom stereocenters. The Kier molecular flexibility index (Phi) is 5.04. The third-order valence-electron chi connectivity index (χ3n) is 3.37. The first-order chi connectivity index (χ1) is 9.93. The molecule has 7 heteroatoms. The SMILES string of the molecule is CN(C(=O)c1csc(C#CCCO)c1)C1CCS(=O)(=O)C1. The van der Waals surface area contributed by atoms with Crippen LogP contribution in [0.25, 0.3) is 0 Å². The monoisotopic (exact) mass is 327 g/mol. The Bertz CT molecular complexity index is 681. The van der Waals surface area contributed by atoms with E-state index in [1.165, 1.54) is 16.2 Å². The number of hydrogen-bond acceptors (Lipinski definition) is 5. The Morgan fingerprint density at radius 3 is 2.95 bits per heavy atom. The van der Waals surface area contributed by atoms with Gasteiger partial charge in [0.25, 0.3) is 5.91 Å². The third kappa shape index (κ3) is 4.06. The summed E-state index contributed by atoms with van der Waals surface area (Å²) in [6.45, 7) is 0.0169. The van der Waals surface area contributed by atoms with E-state index in [0.717, 1.165) is 4.88 Å². The fourth-order valence-corrected chi connectivity index (χ4v) is 4.69. The van der Waals surface area contributed by atoms with Crippen molar-refractivity contribution in [2.45, 2.75) is 18.9 Å². The molecular weight excluding hydrogens is 310 g/mol. The molecule has 5 nitrogen and oxygen atoms in total. The van der Waals surface area contributed by atoms with Crippen LogP contribution >= 0.6 is 11.3 Å². The molecule has 1 aromatic rings. The van der Waals surface area contributed by atoms with Crippen LogP contribution in [0.3, 0.4) is 0 Å². The van der Waals surface area contributed by atoms with Crippen LogP contribution in [0.15, 0.2) is 11.4 Å². The lowest BCUT2D eigenvalue weighted by atomic mass is 10.2. The molecule has 1 saturated heterocycles. The van der Waals surface area contributed by atoms with Gasteiger partial charge in [-0.2, -0.15) is 0 Å². The maximum absolute atomic E-state index is 12.3. The molecule has 1 unspecified atom stereocenters. The van der Waals surface area contributed by atoms with Crippen molar-refractivity contribution < 1.29 is 18.3 Å². The molecule has 0 saturated carbocycles. The zero-order chi connectivity index (χ0) is 15.5. The van der Waals surface area contributed by atoms with Crippen molar-refractivity contribution >= 4 is 27.1 Å². The van der Waals surface area contributed by atoms with Crippen LogP contribution in [0.2, 0.25) is 0 Å². The molecule has 1 aromatic heterocycles. The van der Waals surface area contributed by atoms with Crippen molar-refractivity contribution in [3.05, 3.63) is 21.9 Å². The second-order valence-electron chi connectivity index (χ2n) is 4.95. The van der Waals surface area contributed by atoms with Crippen LogP contribution in [0.1, 0.15) is 28.1 Å². The smallest absolute Gasteiger partial charge is 0.254 e. The molecule has 1 N–H and O–H groups in total. The summed E-state index contributed by atoms with van der Waals surface area (Å²) >= 11 is 1.37. The predicted octanol–water partition coefficient (Wildman–Crippen LogP) is 0.741. The molecule has 1 amide bonds. The molecule has 1 aliphatic heterocycles. The Morgan fingerprint density at radius 1 is 1.57 bits per heavy atom. The van der Waals surface area contributed by atoms with E-state index in [9.17, 15) is 13.2 Å². The number of carbonyl (C=O) groups excluding carboxylic acids is 1. The van der Waals surface area contributed by atoms with Crippen molar-refractivity contribution in [2.75, 3.05) is 25.2 Å². The van der Waals surface area contributed by atoms with E-state index in [1.54, 1.807) is 18.5 Å². The van der Waals surface area contributed by atoms with E-state index in [1.807, 2.05) is 0 Å². The minimum absolute atomic E-state index is 0.0169. The van der Waals surface area contributed by atoms with Crippen LogP contribution in [-0.2, 0) is 9.84 Å². The minimum atomic E-state index is -3.00. The highest BCUT2D eigenvalue weighted by atomic mass is 32.2. The van der Waals surface area contributed by atoms with Gasteiger partial charge in [0.05, 0.1) is 28.6 Å². The molecule has 2 rings (SSSR count). The van der Waals surface area contributed by atoms with Crippen LogP contribution < -0.4 is 0 Å². The molecule has 0 spiro atoms. The summed E-state index contributed by atoms with van der Waals surface area (Å²) in [7, 11) is -1.36.